The molecule has 0 radical (unpaired) electrons. The molecule has 0 spiro atoms. The lowest BCUT2D eigenvalue weighted by molar-refractivity contribution is 0.521. The number of aryl methyl sites for hydroxylation is 2. The van der Waals surface area contributed by atoms with E-state index in [1.165, 1.54) is 5.69 Å². The van der Waals surface area contributed by atoms with E-state index >= 15 is 0 Å². The molecule has 1 aromatic heterocycles. The lowest BCUT2D eigenvalue weighted by Gasteiger charge is -2.12. The van der Waals surface area contributed by atoms with Crippen molar-refractivity contribution in [3.05, 3.63) is 15.9 Å². The molecule has 1 aromatic rings. The van der Waals surface area contributed by atoms with Gasteiger partial charge in [0.25, 0.3) is 0 Å². The van der Waals surface area contributed by atoms with Gasteiger partial charge < -0.3 is 5.32 Å². The maximum absolute atomic E-state index is 5.27. The quantitative estimate of drug-likeness (QED) is 0.842. The van der Waals surface area contributed by atoms with E-state index in [1.54, 1.807) is 0 Å². The van der Waals surface area contributed by atoms with Gasteiger partial charge in [0, 0.05) is 25.6 Å². The lowest BCUT2D eigenvalue weighted by atomic mass is 10.2. The fraction of sp³-hybridized carbons (Fsp3) is 0.583. The number of hydrogen-bond acceptors (Lipinski definition) is 2. The topological polar surface area (TPSA) is 29.9 Å². The summed E-state index contributed by atoms with van der Waals surface area (Å²) in [6, 6.07) is 0.331. The molecule has 1 atom stereocenters. The summed E-state index contributed by atoms with van der Waals surface area (Å²) in [6.45, 7) is 7.86. The van der Waals surface area contributed by atoms with Crippen molar-refractivity contribution >= 4 is 15.9 Å². The molecule has 1 N–H and O–H groups in total. The Balaban J connectivity index is 2.70. The number of nitrogens with one attached hydrogen (secondary N) is 1. The van der Waals surface area contributed by atoms with Crippen molar-refractivity contribution in [2.24, 2.45) is 0 Å². The number of rotatable bonds is 5. The van der Waals surface area contributed by atoms with Gasteiger partial charge in [-0.25, -0.2) is 0 Å². The standard InChI is InChI=1S/C12H18BrN3/c1-5-7-9(3)14-8-11-12(13)10(4)15-16(11)6-2/h1,9,14H,6-8H2,2-4H3. The van der Waals surface area contributed by atoms with Crippen LogP contribution in [0.25, 0.3) is 0 Å². The Morgan fingerprint density at radius 1 is 1.62 bits per heavy atom. The SMILES string of the molecule is C#CCC(C)NCc1c(Br)c(C)nn1CC. The van der Waals surface area contributed by atoms with Gasteiger partial charge in [-0.15, -0.1) is 12.3 Å². The predicted octanol–water partition coefficient (Wildman–Crippen LogP) is 2.48. The van der Waals surface area contributed by atoms with E-state index in [0.717, 1.165) is 29.7 Å². The molecule has 0 aliphatic carbocycles. The van der Waals surface area contributed by atoms with Crippen molar-refractivity contribution in [3.63, 3.8) is 0 Å². The number of halogens is 1. The first-order chi connectivity index (χ1) is 7.60. The maximum atomic E-state index is 5.27. The monoisotopic (exact) mass is 283 g/mol. The lowest BCUT2D eigenvalue weighted by Crippen LogP contribution is -2.26. The molecule has 1 heterocycles. The van der Waals surface area contributed by atoms with Crippen LogP contribution in [-0.4, -0.2) is 15.8 Å². The summed E-state index contributed by atoms with van der Waals surface area (Å²) in [4.78, 5) is 0. The number of nitrogens with zero attached hydrogens (tertiary/aromatic N) is 2. The molecule has 0 amide bonds. The average molecular weight is 284 g/mol. The number of hydrogen-bond donors (Lipinski definition) is 1. The smallest absolute Gasteiger partial charge is 0.0739 e. The minimum atomic E-state index is 0.331. The molecule has 0 aliphatic rings. The molecule has 1 rings (SSSR count). The summed E-state index contributed by atoms with van der Waals surface area (Å²) < 4.78 is 3.10. The zero-order valence-electron chi connectivity index (χ0n) is 10.0. The third-order valence-electron chi connectivity index (χ3n) is 2.49. The molecule has 3 nitrogen and oxygen atoms in total. The van der Waals surface area contributed by atoms with E-state index in [2.05, 4.69) is 46.1 Å². The molecule has 0 fully saturated rings. The molecular formula is C12H18BrN3. The van der Waals surface area contributed by atoms with Gasteiger partial charge in [-0.3, -0.25) is 4.68 Å². The molecule has 4 heteroatoms. The van der Waals surface area contributed by atoms with E-state index in [1.807, 2.05) is 11.6 Å². The fourth-order valence-electron chi connectivity index (χ4n) is 1.56. The highest BCUT2D eigenvalue weighted by Crippen LogP contribution is 2.20. The van der Waals surface area contributed by atoms with Crippen LogP contribution in [0.5, 0.6) is 0 Å². The van der Waals surface area contributed by atoms with Crippen LogP contribution in [0.15, 0.2) is 4.47 Å². The van der Waals surface area contributed by atoms with Gasteiger partial charge in [0.15, 0.2) is 0 Å². The number of aromatic nitrogens is 2. The molecular weight excluding hydrogens is 266 g/mol. The molecule has 0 saturated heterocycles. The summed E-state index contributed by atoms with van der Waals surface area (Å²) in [5.41, 5.74) is 2.21. The second-order valence-electron chi connectivity index (χ2n) is 3.85. The highest BCUT2D eigenvalue weighted by atomic mass is 79.9. The second kappa shape index (κ2) is 6.07. The summed E-state index contributed by atoms with van der Waals surface area (Å²) in [5, 5.41) is 7.84. The first-order valence-electron chi connectivity index (χ1n) is 5.48. The third-order valence-corrected chi connectivity index (χ3v) is 3.53. The minimum Gasteiger partial charge on any atom is -0.308 e. The Morgan fingerprint density at radius 2 is 2.31 bits per heavy atom. The summed E-state index contributed by atoms with van der Waals surface area (Å²) >= 11 is 3.57. The van der Waals surface area contributed by atoms with Crippen LogP contribution >= 0.6 is 15.9 Å². The zero-order chi connectivity index (χ0) is 12.1. The highest BCUT2D eigenvalue weighted by molar-refractivity contribution is 9.10. The van der Waals surface area contributed by atoms with Crippen molar-refractivity contribution in [2.75, 3.05) is 0 Å². The summed E-state index contributed by atoms with van der Waals surface area (Å²) in [6.07, 6.45) is 6.02. The predicted molar refractivity (Wildman–Crippen MR) is 70.1 cm³/mol. The molecule has 0 bridgehead atoms. The zero-order valence-corrected chi connectivity index (χ0v) is 11.6. The first-order valence-corrected chi connectivity index (χ1v) is 6.28. The van der Waals surface area contributed by atoms with E-state index in [9.17, 15) is 0 Å². The van der Waals surface area contributed by atoms with Crippen LogP contribution in [0.3, 0.4) is 0 Å². The third kappa shape index (κ3) is 3.10. The molecule has 16 heavy (non-hydrogen) atoms. The van der Waals surface area contributed by atoms with E-state index in [0.29, 0.717) is 6.04 Å². The minimum absolute atomic E-state index is 0.331. The Kier molecular flexibility index (Phi) is 5.04. The molecule has 88 valence electrons. The second-order valence-corrected chi connectivity index (χ2v) is 4.65. The maximum Gasteiger partial charge on any atom is 0.0739 e. The Labute approximate surface area is 106 Å². The Hall–Kier alpha value is -0.790. The van der Waals surface area contributed by atoms with Crippen molar-refractivity contribution in [2.45, 2.75) is 46.3 Å². The van der Waals surface area contributed by atoms with Gasteiger partial charge in [0.2, 0.25) is 0 Å². The Morgan fingerprint density at radius 3 is 2.88 bits per heavy atom. The van der Waals surface area contributed by atoms with Crippen molar-refractivity contribution in [1.82, 2.24) is 15.1 Å². The van der Waals surface area contributed by atoms with Crippen LogP contribution in [0.2, 0.25) is 0 Å². The van der Waals surface area contributed by atoms with Gasteiger partial charge >= 0.3 is 0 Å². The van der Waals surface area contributed by atoms with Gasteiger partial charge in [0.05, 0.1) is 15.9 Å². The van der Waals surface area contributed by atoms with Crippen molar-refractivity contribution < 1.29 is 0 Å². The first kappa shape index (κ1) is 13.3. The van der Waals surface area contributed by atoms with Crippen molar-refractivity contribution in [3.8, 4) is 12.3 Å². The molecule has 0 aliphatic heterocycles. The van der Waals surface area contributed by atoms with Crippen LogP contribution in [0.4, 0.5) is 0 Å². The highest BCUT2D eigenvalue weighted by Gasteiger charge is 2.12. The van der Waals surface area contributed by atoms with Crippen LogP contribution < -0.4 is 5.32 Å². The van der Waals surface area contributed by atoms with E-state index < -0.39 is 0 Å². The fourth-order valence-corrected chi connectivity index (χ4v) is 1.98. The summed E-state index contributed by atoms with van der Waals surface area (Å²) in [7, 11) is 0. The molecule has 1 unspecified atom stereocenters. The normalized spacial score (nSPS) is 12.4. The van der Waals surface area contributed by atoms with Crippen molar-refractivity contribution in [1.29, 1.82) is 0 Å². The van der Waals surface area contributed by atoms with Crippen LogP contribution in [0.1, 0.15) is 31.7 Å². The summed E-state index contributed by atoms with van der Waals surface area (Å²) in [5.74, 6) is 2.66. The van der Waals surface area contributed by atoms with Gasteiger partial charge in [0.1, 0.15) is 0 Å². The van der Waals surface area contributed by atoms with E-state index in [4.69, 9.17) is 6.42 Å². The molecule has 0 aromatic carbocycles. The van der Waals surface area contributed by atoms with E-state index in [-0.39, 0.29) is 0 Å². The average Bonchev–Trinajstić information content (AvgIpc) is 2.53. The van der Waals surface area contributed by atoms with Crippen LogP contribution in [-0.2, 0) is 13.1 Å². The van der Waals surface area contributed by atoms with Gasteiger partial charge in [-0.1, -0.05) is 0 Å². The largest absolute Gasteiger partial charge is 0.308 e. The van der Waals surface area contributed by atoms with Crippen LogP contribution in [0, 0.1) is 19.3 Å². The van der Waals surface area contributed by atoms with Gasteiger partial charge in [-0.05, 0) is 36.7 Å². The molecule has 0 saturated carbocycles. The van der Waals surface area contributed by atoms with Gasteiger partial charge in [-0.2, -0.15) is 5.10 Å². The Bertz CT molecular complexity index is 390. The number of terminal acetylenes is 1.